The molecular weight excluding hydrogens is 322 g/mol. The van der Waals surface area contributed by atoms with E-state index in [4.69, 9.17) is 11.6 Å². The number of aromatic amines is 1. The first-order chi connectivity index (χ1) is 11.8. The van der Waals surface area contributed by atoms with E-state index in [-0.39, 0.29) is 11.9 Å². The van der Waals surface area contributed by atoms with E-state index in [0.29, 0.717) is 17.1 Å². The molecule has 1 atom stereocenters. The van der Waals surface area contributed by atoms with Crippen LogP contribution in [-0.2, 0) is 6.42 Å². The summed E-state index contributed by atoms with van der Waals surface area (Å²) in [5.41, 5.74) is 3.57. The van der Waals surface area contributed by atoms with E-state index in [0.717, 1.165) is 23.4 Å². The molecule has 24 heavy (non-hydrogen) atoms. The van der Waals surface area contributed by atoms with E-state index in [2.05, 4.69) is 9.97 Å². The van der Waals surface area contributed by atoms with Crippen LogP contribution >= 0.6 is 11.6 Å². The third-order valence-electron chi connectivity index (χ3n) is 4.41. The second-order valence-corrected chi connectivity index (χ2v) is 6.22. The van der Waals surface area contributed by atoms with Crippen molar-refractivity contribution in [2.45, 2.75) is 12.5 Å². The molecule has 0 aliphatic carbocycles. The van der Waals surface area contributed by atoms with Gasteiger partial charge in [0, 0.05) is 18.7 Å². The largest absolute Gasteiger partial charge is 0.348 e. The predicted octanol–water partition coefficient (Wildman–Crippen LogP) is 3.85. The molecule has 2 aromatic carbocycles. The molecule has 1 unspecified atom stereocenters. The minimum Gasteiger partial charge on any atom is -0.348 e. The Labute approximate surface area is 145 Å². The van der Waals surface area contributed by atoms with E-state index in [1.54, 1.807) is 18.5 Å². The number of imidazole rings is 1. The van der Waals surface area contributed by atoms with E-state index in [9.17, 15) is 4.79 Å². The standard InChI is InChI=1S/C19H16ClN3O/c20-15-9-5-4-8-14(15)19(24)23-11-10-16-17(22-12-21-16)18(23)13-6-2-1-3-7-13/h1-9,12,18H,10-11H2,(H,21,22). The fraction of sp³-hybridized carbons (Fsp3) is 0.158. The average molecular weight is 338 g/mol. The molecule has 1 aliphatic rings. The molecule has 0 spiro atoms. The number of hydrogen-bond acceptors (Lipinski definition) is 2. The van der Waals surface area contributed by atoms with Gasteiger partial charge in [0.2, 0.25) is 0 Å². The SMILES string of the molecule is O=C(c1ccccc1Cl)N1CCc2[nH]cnc2C1c1ccccc1. The van der Waals surface area contributed by atoms with Gasteiger partial charge in [0.15, 0.2) is 0 Å². The highest BCUT2D eigenvalue weighted by Crippen LogP contribution is 2.34. The van der Waals surface area contributed by atoms with Crippen LogP contribution in [0.2, 0.25) is 5.02 Å². The van der Waals surface area contributed by atoms with E-state index in [1.165, 1.54) is 0 Å². The molecule has 0 fully saturated rings. The highest BCUT2D eigenvalue weighted by atomic mass is 35.5. The van der Waals surface area contributed by atoms with Gasteiger partial charge in [0.05, 0.1) is 22.6 Å². The highest BCUT2D eigenvalue weighted by molar-refractivity contribution is 6.33. The molecule has 1 amide bonds. The molecule has 5 heteroatoms. The third kappa shape index (κ3) is 2.49. The lowest BCUT2D eigenvalue weighted by molar-refractivity contribution is 0.0691. The van der Waals surface area contributed by atoms with Gasteiger partial charge in [-0.1, -0.05) is 54.1 Å². The van der Waals surface area contributed by atoms with Crippen LogP contribution in [0.5, 0.6) is 0 Å². The Bertz CT molecular complexity index is 875. The number of benzene rings is 2. The Hall–Kier alpha value is -2.59. The minimum absolute atomic E-state index is 0.0666. The zero-order chi connectivity index (χ0) is 16.5. The van der Waals surface area contributed by atoms with Gasteiger partial charge in [-0.05, 0) is 17.7 Å². The zero-order valence-corrected chi connectivity index (χ0v) is 13.7. The molecule has 4 rings (SSSR count). The van der Waals surface area contributed by atoms with Crippen molar-refractivity contribution in [3.05, 3.63) is 88.5 Å². The first-order valence-electron chi connectivity index (χ1n) is 7.88. The summed E-state index contributed by atoms with van der Waals surface area (Å²) in [7, 11) is 0. The summed E-state index contributed by atoms with van der Waals surface area (Å²) in [5, 5.41) is 0.474. The van der Waals surface area contributed by atoms with Gasteiger partial charge in [-0.2, -0.15) is 0 Å². The topological polar surface area (TPSA) is 49.0 Å². The maximum absolute atomic E-state index is 13.1. The molecule has 1 aliphatic heterocycles. The Kier molecular flexibility index (Phi) is 3.82. The van der Waals surface area contributed by atoms with Gasteiger partial charge in [0.1, 0.15) is 6.04 Å². The molecule has 1 N–H and O–H groups in total. The third-order valence-corrected chi connectivity index (χ3v) is 4.74. The van der Waals surface area contributed by atoms with Gasteiger partial charge in [-0.25, -0.2) is 4.98 Å². The molecule has 2 heterocycles. The molecule has 120 valence electrons. The summed E-state index contributed by atoms with van der Waals surface area (Å²) in [5.74, 6) is -0.0666. The van der Waals surface area contributed by atoms with Crippen LogP contribution in [0.3, 0.4) is 0 Å². The van der Waals surface area contributed by atoms with Crippen LogP contribution < -0.4 is 0 Å². The monoisotopic (exact) mass is 337 g/mol. The Balaban J connectivity index is 1.80. The number of nitrogens with zero attached hydrogens (tertiary/aromatic N) is 2. The molecule has 0 radical (unpaired) electrons. The van der Waals surface area contributed by atoms with Crippen LogP contribution in [0, 0.1) is 0 Å². The first-order valence-corrected chi connectivity index (χ1v) is 8.26. The van der Waals surface area contributed by atoms with Crippen molar-refractivity contribution in [3.63, 3.8) is 0 Å². The van der Waals surface area contributed by atoms with Crippen molar-refractivity contribution in [3.8, 4) is 0 Å². The number of H-pyrrole nitrogens is 1. The van der Waals surface area contributed by atoms with Crippen LogP contribution in [0.1, 0.15) is 33.4 Å². The number of carbonyl (C=O) groups is 1. The molecule has 1 aromatic heterocycles. The molecular formula is C19H16ClN3O. The van der Waals surface area contributed by atoms with E-state index in [1.807, 2.05) is 47.4 Å². The number of fused-ring (bicyclic) bond motifs is 1. The molecule has 3 aromatic rings. The van der Waals surface area contributed by atoms with Crippen LogP contribution in [0.15, 0.2) is 60.9 Å². The lowest BCUT2D eigenvalue weighted by Gasteiger charge is -2.35. The first kappa shape index (κ1) is 15.0. The minimum atomic E-state index is -0.204. The van der Waals surface area contributed by atoms with Gasteiger partial charge < -0.3 is 9.88 Å². The summed E-state index contributed by atoms with van der Waals surface area (Å²) in [6.45, 7) is 0.624. The van der Waals surface area contributed by atoms with Crippen LogP contribution in [0.25, 0.3) is 0 Å². The summed E-state index contributed by atoms with van der Waals surface area (Å²) in [6, 6.07) is 17.0. The van der Waals surface area contributed by atoms with Crippen molar-refractivity contribution < 1.29 is 4.79 Å². The molecule has 0 saturated carbocycles. The second kappa shape index (κ2) is 6.13. The lowest BCUT2D eigenvalue weighted by Crippen LogP contribution is -2.40. The van der Waals surface area contributed by atoms with Crippen molar-refractivity contribution in [1.82, 2.24) is 14.9 Å². The van der Waals surface area contributed by atoms with Crippen LogP contribution in [-0.4, -0.2) is 27.3 Å². The molecule has 4 nitrogen and oxygen atoms in total. The molecule has 0 saturated heterocycles. The summed E-state index contributed by atoms with van der Waals surface area (Å²) in [6.07, 6.45) is 2.46. The van der Waals surface area contributed by atoms with Crippen LogP contribution in [0.4, 0.5) is 0 Å². The quantitative estimate of drug-likeness (QED) is 0.772. The Morgan fingerprint density at radius 1 is 1.12 bits per heavy atom. The maximum Gasteiger partial charge on any atom is 0.256 e. The van der Waals surface area contributed by atoms with Gasteiger partial charge in [-0.3, -0.25) is 4.79 Å². The zero-order valence-electron chi connectivity index (χ0n) is 12.9. The number of amides is 1. The number of hydrogen-bond donors (Lipinski definition) is 1. The number of nitrogens with one attached hydrogen (secondary N) is 1. The normalized spacial score (nSPS) is 16.7. The van der Waals surface area contributed by atoms with Crippen molar-refractivity contribution in [2.24, 2.45) is 0 Å². The van der Waals surface area contributed by atoms with E-state index >= 15 is 0 Å². The maximum atomic E-state index is 13.1. The van der Waals surface area contributed by atoms with Gasteiger partial charge >= 0.3 is 0 Å². The Morgan fingerprint density at radius 2 is 1.88 bits per heavy atom. The summed E-state index contributed by atoms with van der Waals surface area (Å²) < 4.78 is 0. The number of aromatic nitrogens is 2. The summed E-state index contributed by atoms with van der Waals surface area (Å²) in [4.78, 5) is 22.7. The van der Waals surface area contributed by atoms with Gasteiger partial charge in [0.25, 0.3) is 5.91 Å². The average Bonchev–Trinajstić information content (AvgIpc) is 3.10. The number of rotatable bonds is 2. The second-order valence-electron chi connectivity index (χ2n) is 5.81. The van der Waals surface area contributed by atoms with E-state index < -0.39 is 0 Å². The highest BCUT2D eigenvalue weighted by Gasteiger charge is 2.34. The van der Waals surface area contributed by atoms with Crippen molar-refractivity contribution in [1.29, 1.82) is 0 Å². The fourth-order valence-electron chi connectivity index (χ4n) is 3.26. The molecule has 0 bridgehead atoms. The number of carbonyl (C=O) groups excluding carboxylic acids is 1. The Morgan fingerprint density at radius 3 is 2.67 bits per heavy atom. The lowest BCUT2D eigenvalue weighted by atomic mass is 9.95. The summed E-state index contributed by atoms with van der Waals surface area (Å²) >= 11 is 6.24. The smallest absolute Gasteiger partial charge is 0.256 e. The fourth-order valence-corrected chi connectivity index (χ4v) is 3.47. The predicted molar refractivity (Wildman–Crippen MR) is 93.1 cm³/mol. The van der Waals surface area contributed by atoms with Crippen molar-refractivity contribution >= 4 is 17.5 Å². The van der Waals surface area contributed by atoms with Crippen molar-refractivity contribution in [2.75, 3.05) is 6.54 Å². The number of halogens is 1. The van der Waals surface area contributed by atoms with Gasteiger partial charge in [-0.15, -0.1) is 0 Å².